The molecule has 0 aliphatic heterocycles. The largest absolute Gasteiger partial charge is 0.466 e. The molecule has 0 saturated carbocycles. The van der Waals surface area contributed by atoms with E-state index in [0.717, 1.165) is 6.42 Å². The normalized spacial score (nSPS) is 11.0. The fraction of sp³-hybridized carbons (Fsp3) is 0.971. The Morgan fingerprint density at radius 1 is 0.459 bits per heavy atom. The lowest BCUT2D eigenvalue weighted by atomic mass is 10.0. The lowest BCUT2D eigenvalue weighted by Crippen LogP contribution is -1.99. The van der Waals surface area contributed by atoms with Gasteiger partial charge in [-0.05, 0) is 31.3 Å². The average molecular weight is 543 g/mol. The summed E-state index contributed by atoms with van der Waals surface area (Å²) in [5.74, 6) is -0.159. The van der Waals surface area contributed by atoms with Crippen molar-refractivity contribution < 1.29 is 9.53 Å². The number of ether oxygens (including phenoxy) is 1. The van der Waals surface area contributed by atoms with Crippen molar-refractivity contribution in [3.8, 4) is 0 Å². The molecule has 0 spiro atoms. The molecule has 3 heteroatoms. The van der Waals surface area contributed by atoms with E-state index in [1.54, 1.807) is 6.16 Å². The average Bonchev–Trinajstić information content (AvgIpc) is 2.90. The van der Waals surface area contributed by atoms with Crippen LogP contribution in [0.15, 0.2) is 0 Å². The smallest absolute Gasteiger partial charge is 0.302 e. The third kappa shape index (κ3) is 38.1. The van der Waals surface area contributed by atoms with Crippen LogP contribution < -0.4 is 0 Å². The summed E-state index contributed by atoms with van der Waals surface area (Å²) in [4.78, 5) is 10.4. The summed E-state index contributed by atoms with van der Waals surface area (Å²) in [5.41, 5.74) is 0. The number of rotatable bonds is 28. The summed E-state index contributed by atoms with van der Waals surface area (Å²) in [7, 11) is 0.401. The molecule has 0 aliphatic rings. The first kappa shape index (κ1) is 39.0. The van der Waals surface area contributed by atoms with Gasteiger partial charge in [0.05, 0.1) is 6.61 Å². The maximum absolute atomic E-state index is 10.4. The zero-order valence-corrected chi connectivity index (χ0v) is 27.5. The molecule has 0 radical (unpaired) electrons. The van der Waals surface area contributed by atoms with Gasteiger partial charge in [-0.15, -0.1) is 7.92 Å². The number of carbonyl (C=O) groups is 1. The fourth-order valence-corrected chi connectivity index (χ4v) is 6.63. The second-order valence-electron chi connectivity index (χ2n) is 11.1. The van der Waals surface area contributed by atoms with Crippen LogP contribution in [-0.4, -0.2) is 31.1 Å². The van der Waals surface area contributed by atoms with Crippen LogP contribution in [0.2, 0.25) is 0 Å². The molecule has 0 saturated heterocycles. The van der Waals surface area contributed by atoms with Crippen molar-refractivity contribution in [1.82, 2.24) is 0 Å². The Hall–Kier alpha value is -0.100. The highest BCUT2D eigenvalue weighted by atomic mass is 31.1. The van der Waals surface area contributed by atoms with E-state index in [-0.39, 0.29) is 5.97 Å². The maximum Gasteiger partial charge on any atom is 0.302 e. The molecule has 0 rings (SSSR count). The highest BCUT2D eigenvalue weighted by Gasteiger charge is 2.01. The second kappa shape index (κ2) is 35.9. The standard InChI is InChI=1S/C22H47P.C12H24O2/c1-4-7-8-9-10-11-12-13-14-15-16-17-18-19-20-21-22-23(5-2)6-3;1-3-4-5-6-7-8-9-10-11-14-12(2)13/h4-22H2,1-3H3;3-11H2,1-2H3. The zero-order chi connectivity index (χ0) is 27.7. The number of unbranched alkanes of at least 4 members (excludes halogenated alkanes) is 22. The van der Waals surface area contributed by atoms with E-state index in [4.69, 9.17) is 4.74 Å². The van der Waals surface area contributed by atoms with E-state index in [2.05, 4.69) is 27.7 Å². The first-order valence-electron chi connectivity index (χ1n) is 17.0. The minimum Gasteiger partial charge on any atom is -0.466 e. The molecule has 2 nitrogen and oxygen atoms in total. The number of carbonyl (C=O) groups excluding carboxylic acids is 1. The minimum absolute atomic E-state index is 0.159. The lowest BCUT2D eigenvalue weighted by Gasteiger charge is -2.12. The summed E-state index contributed by atoms with van der Waals surface area (Å²) in [6, 6.07) is 0. The van der Waals surface area contributed by atoms with Gasteiger partial charge in [0.25, 0.3) is 0 Å². The van der Waals surface area contributed by atoms with Gasteiger partial charge in [-0.3, -0.25) is 4.79 Å². The van der Waals surface area contributed by atoms with E-state index >= 15 is 0 Å². The molecule has 0 bridgehead atoms. The van der Waals surface area contributed by atoms with Crippen molar-refractivity contribution in [2.75, 3.05) is 25.1 Å². The highest BCUT2D eigenvalue weighted by Crippen LogP contribution is 2.35. The van der Waals surface area contributed by atoms with Crippen LogP contribution in [0.3, 0.4) is 0 Å². The van der Waals surface area contributed by atoms with Crippen molar-refractivity contribution in [1.29, 1.82) is 0 Å². The van der Waals surface area contributed by atoms with Crippen LogP contribution in [0.1, 0.15) is 189 Å². The summed E-state index contributed by atoms with van der Waals surface area (Å²) in [6.07, 6.45) is 38.4. The van der Waals surface area contributed by atoms with Crippen LogP contribution in [0.5, 0.6) is 0 Å². The van der Waals surface area contributed by atoms with Crippen molar-refractivity contribution in [2.24, 2.45) is 0 Å². The van der Waals surface area contributed by atoms with Gasteiger partial charge in [0.1, 0.15) is 0 Å². The molecule has 0 atom stereocenters. The van der Waals surface area contributed by atoms with E-state index in [1.165, 1.54) is 167 Å². The summed E-state index contributed by atoms with van der Waals surface area (Å²) >= 11 is 0. The molecule has 0 aromatic carbocycles. The van der Waals surface area contributed by atoms with Gasteiger partial charge in [0, 0.05) is 6.92 Å². The van der Waals surface area contributed by atoms with Crippen LogP contribution in [0, 0.1) is 0 Å². The van der Waals surface area contributed by atoms with Gasteiger partial charge in [-0.2, -0.15) is 0 Å². The van der Waals surface area contributed by atoms with Gasteiger partial charge < -0.3 is 4.74 Å². The van der Waals surface area contributed by atoms with E-state index in [1.807, 2.05) is 0 Å². The fourth-order valence-electron chi connectivity index (χ4n) is 4.88. The SMILES string of the molecule is CCCCCCCCCCCCCCCCCCP(CC)CC.CCCCCCCCCCOC(C)=O. The highest BCUT2D eigenvalue weighted by molar-refractivity contribution is 7.57. The van der Waals surface area contributed by atoms with Crippen molar-refractivity contribution in [3.63, 3.8) is 0 Å². The lowest BCUT2D eigenvalue weighted by molar-refractivity contribution is -0.141. The number of hydrogen-bond donors (Lipinski definition) is 0. The molecule has 0 heterocycles. The molecule has 0 unspecified atom stereocenters. The van der Waals surface area contributed by atoms with Crippen LogP contribution in [0.25, 0.3) is 0 Å². The molecule has 0 N–H and O–H groups in total. The monoisotopic (exact) mass is 543 g/mol. The molecular weight excluding hydrogens is 471 g/mol. The molecule has 0 fully saturated rings. The topological polar surface area (TPSA) is 26.3 Å². The maximum atomic E-state index is 10.4. The molecule has 0 aromatic rings. The third-order valence-corrected chi connectivity index (χ3v) is 10.3. The van der Waals surface area contributed by atoms with Crippen LogP contribution >= 0.6 is 7.92 Å². The quantitative estimate of drug-likeness (QED) is 0.0558. The Morgan fingerprint density at radius 2 is 0.757 bits per heavy atom. The predicted octanol–water partition coefficient (Wildman–Crippen LogP) is 12.5. The Balaban J connectivity index is 0. The third-order valence-electron chi connectivity index (χ3n) is 7.53. The van der Waals surface area contributed by atoms with Crippen LogP contribution in [0.4, 0.5) is 0 Å². The second-order valence-corrected chi connectivity index (χ2v) is 14.2. The van der Waals surface area contributed by atoms with Crippen molar-refractivity contribution in [3.05, 3.63) is 0 Å². The first-order valence-corrected chi connectivity index (χ1v) is 18.9. The van der Waals surface area contributed by atoms with Crippen molar-refractivity contribution >= 4 is 13.9 Å². The van der Waals surface area contributed by atoms with Gasteiger partial charge in [-0.25, -0.2) is 0 Å². The Bertz CT molecular complexity index is 409. The molecule has 0 aromatic heterocycles. The van der Waals surface area contributed by atoms with E-state index < -0.39 is 0 Å². The molecule has 0 amide bonds. The Kier molecular flexibility index (Phi) is 37.9. The minimum atomic E-state index is -0.159. The zero-order valence-electron chi connectivity index (χ0n) is 26.6. The molecule has 37 heavy (non-hydrogen) atoms. The van der Waals surface area contributed by atoms with Gasteiger partial charge in [0.15, 0.2) is 0 Å². The summed E-state index contributed by atoms with van der Waals surface area (Å²) in [6.45, 7) is 11.4. The molecular formula is C34H71O2P. The predicted molar refractivity (Wildman–Crippen MR) is 172 cm³/mol. The summed E-state index contributed by atoms with van der Waals surface area (Å²) < 4.78 is 4.85. The van der Waals surface area contributed by atoms with Crippen molar-refractivity contribution in [2.45, 2.75) is 189 Å². The Morgan fingerprint density at radius 3 is 1.05 bits per heavy atom. The van der Waals surface area contributed by atoms with E-state index in [0.29, 0.717) is 14.5 Å². The Labute approximate surface area is 237 Å². The van der Waals surface area contributed by atoms with Gasteiger partial charge in [0.2, 0.25) is 0 Å². The number of esters is 1. The van der Waals surface area contributed by atoms with Crippen LogP contribution in [-0.2, 0) is 9.53 Å². The molecule has 0 aliphatic carbocycles. The van der Waals surface area contributed by atoms with E-state index in [9.17, 15) is 4.79 Å². The van der Waals surface area contributed by atoms with Gasteiger partial charge >= 0.3 is 5.97 Å². The molecule has 224 valence electrons. The number of hydrogen-bond acceptors (Lipinski definition) is 2. The first-order chi connectivity index (χ1) is 18.1. The van der Waals surface area contributed by atoms with Gasteiger partial charge in [-0.1, -0.05) is 169 Å². The summed E-state index contributed by atoms with van der Waals surface area (Å²) in [5, 5.41) is 0.